The summed E-state index contributed by atoms with van der Waals surface area (Å²) in [5.74, 6) is 3.07. The topological polar surface area (TPSA) is 63.8 Å². The lowest BCUT2D eigenvalue weighted by molar-refractivity contribution is 0.978. The first-order valence-electron chi connectivity index (χ1n) is 6.22. The molecule has 2 aromatic rings. The van der Waals surface area contributed by atoms with Crippen LogP contribution >= 0.6 is 11.8 Å². The van der Waals surface area contributed by atoms with Gasteiger partial charge in [0, 0.05) is 18.2 Å². The highest BCUT2D eigenvalue weighted by Crippen LogP contribution is 2.18. The Kier molecular flexibility index (Phi) is 5.03. The van der Waals surface area contributed by atoms with Crippen molar-refractivity contribution < 1.29 is 0 Å². The van der Waals surface area contributed by atoms with Gasteiger partial charge >= 0.3 is 0 Å². The van der Waals surface area contributed by atoms with Crippen LogP contribution < -0.4 is 11.1 Å². The third-order valence-corrected chi connectivity index (χ3v) is 3.31. The molecule has 0 saturated heterocycles. The van der Waals surface area contributed by atoms with E-state index in [1.54, 1.807) is 6.07 Å². The van der Waals surface area contributed by atoms with E-state index in [1.165, 1.54) is 0 Å². The lowest BCUT2D eigenvalue weighted by Gasteiger charge is -2.08. The van der Waals surface area contributed by atoms with E-state index in [1.807, 2.05) is 42.1 Å². The Bertz CT molecular complexity index is 516. The number of nitrogens with zero attached hydrogens (tertiary/aromatic N) is 2. The fraction of sp³-hybridized carbons (Fsp3) is 0.286. The van der Waals surface area contributed by atoms with E-state index in [2.05, 4.69) is 21.5 Å². The van der Waals surface area contributed by atoms with Crippen LogP contribution in [0.5, 0.6) is 0 Å². The first-order valence-corrected chi connectivity index (χ1v) is 7.62. The van der Waals surface area contributed by atoms with Gasteiger partial charge in [-0.05, 0) is 18.4 Å². The van der Waals surface area contributed by atoms with Crippen molar-refractivity contribution in [2.45, 2.75) is 6.42 Å². The number of benzene rings is 1. The molecule has 0 atom stereocenters. The number of anilines is 2. The molecule has 4 nitrogen and oxygen atoms in total. The Morgan fingerprint density at radius 1 is 1.21 bits per heavy atom. The Morgan fingerprint density at radius 3 is 2.74 bits per heavy atom. The Morgan fingerprint density at radius 2 is 2.00 bits per heavy atom. The third-order valence-electron chi connectivity index (χ3n) is 2.61. The van der Waals surface area contributed by atoms with Crippen LogP contribution in [-0.2, 0) is 0 Å². The van der Waals surface area contributed by atoms with Gasteiger partial charge < -0.3 is 11.1 Å². The molecule has 0 saturated carbocycles. The summed E-state index contributed by atoms with van der Waals surface area (Å²) >= 11 is 1.84. The first-order chi connectivity index (χ1) is 9.29. The molecule has 1 heterocycles. The number of hydrogen-bond donors (Lipinski definition) is 2. The summed E-state index contributed by atoms with van der Waals surface area (Å²) in [6, 6.07) is 11.6. The van der Waals surface area contributed by atoms with Gasteiger partial charge in [0.15, 0.2) is 5.82 Å². The molecule has 1 aromatic heterocycles. The van der Waals surface area contributed by atoms with Crippen LogP contribution in [0.15, 0.2) is 36.4 Å². The van der Waals surface area contributed by atoms with Crippen LogP contribution in [0, 0.1) is 0 Å². The highest BCUT2D eigenvalue weighted by molar-refractivity contribution is 7.98. The van der Waals surface area contributed by atoms with Crippen LogP contribution in [0.25, 0.3) is 11.4 Å². The van der Waals surface area contributed by atoms with Crippen molar-refractivity contribution in [2.24, 2.45) is 0 Å². The second-order valence-corrected chi connectivity index (χ2v) is 5.13. The Hall–Kier alpha value is -1.75. The van der Waals surface area contributed by atoms with Crippen LogP contribution in [0.1, 0.15) is 6.42 Å². The van der Waals surface area contributed by atoms with Crippen molar-refractivity contribution in [1.82, 2.24) is 9.97 Å². The molecule has 0 radical (unpaired) electrons. The average molecular weight is 274 g/mol. The zero-order valence-corrected chi connectivity index (χ0v) is 11.8. The molecular weight excluding hydrogens is 256 g/mol. The van der Waals surface area contributed by atoms with Gasteiger partial charge in [0.05, 0.1) is 0 Å². The standard InChI is InChI=1S/C14H18N4S/c1-19-9-5-8-16-13-10-12(15)17-14(18-13)11-6-3-2-4-7-11/h2-4,6-7,10H,5,8-9H2,1H3,(H3,15,16,17,18). The number of rotatable bonds is 6. The minimum absolute atomic E-state index is 0.487. The molecule has 3 N–H and O–H groups in total. The summed E-state index contributed by atoms with van der Waals surface area (Å²) in [6.45, 7) is 0.894. The number of nitrogen functional groups attached to an aromatic ring is 1. The number of aromatic nitrogens is 2. The van der Waals surface area contributed by atoms with E-state index in [4.69, 9.17) is 5.73 Å². The van der Waals surface area contributed by atoms with Crippen molar-refractivity contribution in [3.63, 3.8) is 0 Å². The van der Waals surface area contributed by atoms with Gasteiger partial charge in [-0.25, -0.2) is 9.97 Å². The largest absolute Gasteiger partial charge is 0.384 e. The fourth-order valence-electron chi connectivity index (χ4n) is 1.71. The average Bonchev–Trinajstić information content (AvgIpc) is 2.44. The molecule has 100 valence electrons. The van der Waals surface area contributed by atoms with Crippen LogP contribution in [0.4, 0.5) is 11.6 Å². The molecule has 5 heteroatoms. The zero-order valence-electron chi connectivity index (χ0n) is 11.0. The van der Waals surface area contributed by atoms with Gasteiger partial charge in [0.2, 0.25) is 0 Å². The molecule has 0 bridgehead atoms. The van der Waals surface area contributed by atoms with Crippen LogP contribution in [0.3, 0.4) is 0 Å². The summed E-state index contributed by atoms with van der Waals surface area (Å²) in [7, 11) is 0. The second-order valence-electron chi connectivity index (χ2n) is 4.14. The zero-order chi connectivity index (χ0) is 13.5. The number of hydrogen-bond acceptors (Lipinski definition) is 5. The van der Waals surface area contributed by atoms with Gasteiger partial charge in [0.25, 0.3) is 0 Å². The molecular formula is C14H18N4S. The van der Waals surface area contributed by atoms with Gasteiger partial charge in [-0.3, -0.25) is 0 Å². The van der Waals surface area contributed by atoms with Gasteiger partial charge in [-0.2, -0.15) is 11.8 Å². The molecule has 0 unspecified atom stereocenters. The van der Waals surface area contributed by atoms with E-state index < -0.39 is 0 Å². The van der Waals surface area contributed by atoms with Gasteiger partial charge in [-0.15, -0.1) is 0 Å². The molecule has 1 aromatic carbocycles. The smallest absolute Gasteiger partial charge is 0.163 e. The fourth-order valence-corrected chi connectivity index (χ4v) is 2.14. The SMILES string of the molecule is CSCCCNc1cc(N)nc(-c2ccccc2)n1. The van der Waals surface area contributed by atoms with Crippen molar-refractivity contribution >= 4 is 23.4 Å². The van der Waals surface area contributed by atoms with Crippen LogP contribution in [0.2, 0.25) is 0 Å². The lowest BCUT2D eigenvalue weighted by Crippen LogP contribution is -2.06. The summed E-state index contributed by atoms with van der Waals surface area (Å²) in [6.07, 6.45) is 3.21. The molecule has 19 heavy (non-hydrogen) atoms. The summed E-state index contributed by atoms with van der Waals surface area (Å²) in [5, 5.41) is 3.29. The minimum atomic E-state index is 0.487. The number of nitrogens with two attached hydrogens (primary N) is 1. The van der Waals surface area contributed by atoms with Crippen LogP contribution in [-0.4, -0.2) is 28.5 Å². The number of thioether (sulfide) groups is 1. The summed E-state index contributed by atoms with van der Waals surface area (Å²) in [5.41, 5.74) is 6.81. The third kappa shape index (κ3) is 4.13. The molecule has 2 rings (SSSR count). The quantitative estimate of drug-likeness (QED) is 0.793. The second kappa shape index (κ2) is 6.99. The minimum Gasteiger partial charge on any atom is -0.384 e. The highest BCUT2D eigenvalue weighted by Gasteiger charge is 2.04. The Balaban J connectivity index is 2.11. The maximum Gasteiger partial charge on any atom is 0.163 e. The lowest BCUT2D eigenvalue weighted by atomic mass is 10.2. The van der Waals surface area contributed by atoms with Crippen molar-refractivity contribution in [3.8, 4) is 11.4 Å². The van der Waals surface area contributed by atoms with E-state index in [9.17, 15) is 0 Å². The van der Waals surface area contributed by atoms with Crippen molar-refractivity contribution in [2.75, 3.05) is 29.6 Å². The summed E-state index contributed by atoms with van der Waals surface area (Å²) in [4.78, 5) is 8.76. The normalized spacial score (nSPS) is 10.4. The summed E-state index contributed by atoms with van der Waals surface area (Å²) < 4.78 is 0. The highest BCUT2D eigenvalue weighted by atomic mass is 32.2. The molecule has 0 aliphatic rings. The van der Waals surface area contributed by atoms with E-state index >= 15 is 0 Å². The number of nitrogens with one attached hydrogen (secondary N) is 1. The molecule has 0 fully saturated rings. The maximum absolute atomic E-state index is 5.83. The Labute approximate surface area is 117 Å². The molecule has 0 aliphatic heterocycles. The maximum atomic E-state index is 5.83. The predicted molar refractivity (Wildman–Crippen MR) is 83.4 cm³/mol. The molecule has 0 aliphatic carbocycles. The first kappa shape index (κ1) is 13.7. The van der Waals surface area contributed by atoms with E-state index in [0.29, 0.717) is 11.6 Å². The van der Waals surface area contributed by atoms with Gasteiger partial charge in [0.1, 0.15) is 11.6 Å². The molecule has 0 amide bonds. The van der Waals surface area contributed by atoms with E-state index in [-0.39, 0.29) is 0 Å². The van der Waals surface area contributed by atoms with E-state index in [0.717, 1.165) is 30.1 Å². The molecule has 0 spiro atoms. The van der Waals surface area contributed by atoms with Gasteiger partial charge in [-0.1, -0.05) is 30.3 Å². The monoisotopic (exact) mass is 274 g/mol. The van der Waals surface area contributed by atoms with Crippen molar-refractivity contribution in [1.29, 1.82) is 0 Å². The van der Waals surface area contributed by atoms with Crippen molar-refractivity contribution in [3.05, 3.63) is 36.4 Å². The predicted octanol–water partition coefficient (Wildman–Crippen LogP) is 2.89.